The number of anilines is 2. The fourth-order valence-electron chi connectivity index (χ4n) is 4.51. The summed E-state index contributed by atoms with van der Waals surface area (Å²) in [6, 6.07) is 21.1. The maximum atomic E-state index is 9.92. The summed E-state index contributed by atoms with van der Waals surface area (Å²) < 4.78 is 1.96. The first kappa shape index (κ1) is 22.4. The number of imidazole rings is 1. The molecule has 5 rings (SSSR count). The molecule has 3 N–H and O–H groups in total. The van der Waals surface area contributed by atoms with Crippen LogP contribution < -0.4 is 15.5 Å². The van der Waals surface area contributed by atoms with Gasteiger partial charge < -0.3 is 20.6 Å². The first-order valence-electron chi connectivity index (χ1n) is 12.0. The minimum Gasteiger partial charge on any atom is -0.394 e. The Morgan fingerprint density at radius 1 is 1.09 bits per heavy atom. The third kappa shape index (κ3) is 4.49. The van der Waals surface area contributed by atoms with E-state index in [9.17, 15) is 5.11 Å². The summed E-state index contributed by atoms with van der Waals surface area (Å²) in [6.07, 6.45) is 1.91. The number of rotatable bonds is 7. The summed E-state index contributed by atoms with van der Waals surface area (Å²) in [4.78, 5) is 6.88. The molecule has 4 aromatic rings. The fraction of sp³-hybridized carbons (Fsp3) is 0.333. The van der Waals surface area contributed by atoms with Crippen molar-refractivity contribution in [3.63, 3.8) is 0 Å². The summed E-state index contributed by atoms with van der Waals surface area (Å²) >= 11 is 0. The summed E-state index contributed by atoms with van der Waals surface area (Å²) in [6.45, 7) is 7.49. The predicted octanol–water partition coefficient (Wildman–Crippen LogP) is 3.90. The lowest BCUT2D eigenvalue weighted by atomic mass is 10.0. The van der Waals surface area contributed by atoms with Crippen LogP contribution in [0.1, 0.15) is 31.0 Å². The Bertz CT molecular complexity index is 1240. The molecule has 0 radical (unpaired) electrons. The zero-order valence-corrected chi connectivity index (χ0v) is 19.8. The van der Waals surface area contributed by atoms with Gasteiger partial charge in [0.1, 0.15) is 0 Å². The van der Waals surface area contributed by atoms with Crippen LogP contribution in [0.15, 0.2) is 66.9 Å². The van der Waals surface area contributed by atoms with Gasteiger partial charge in [-0.1, -0.05) is 68.4 Å². The lowest BCUT2D eigenvalue weighted by molar-refractivity contribution is 0.245. The molecule has 1 atom stereocenters. The second-order valence-corrected chi connectivity index (χ2v) is 9.14. The van der Waals surface area contributed by atoms with E-state index in [1.165, 1.54) is 16.7 Å². The van der Waals surface area contributed by atoms with Gasteiger partial charge in [-0.25, -0.2) is 9.50 Å². The van der Waals surface area contributed by atoms with E-state index in [2.05, 4.69) is 89.0 Å². The molecule has 1 aliphatic rings. The number of fused-ring (bicyclic) bond motifs is 1. The number of aliphatic hydroxyl groups is 1. The fourth-order valence-corrected chi connectivity index (χ4v) is 4.51. The largest absolute Gasteiger partial charge is 0.394 e. The van der Waals surface area contributed by atoms with E-state index in [0.29, 0.717) is 12.5 Å². The third-order valence-corrected chi connectivity index (χ3v) is 6.47. The van der Waals surface area contributed by atoms with Gasteiger partial charge in [0.2, 0.25) is 0 Å². The van der Waals surface area contributed by atoms with Crippen LogP contribution in [0.3, 0.4) is 0 Å². The standard InChI is InChI=1S/C27H32N6O/c1-19(2)25-17-30-27-24(14-26(31-33(25)27)32-13-12-28-16-23(32)18-34)29-15-20-8-10-22(11-9-20)21-6-4-3-5-7-21/h3-11,14,17,19,23,28-29,34H,12-13,15-16,18H2,1-2H3/t23-/m0/s1. The van der Waals surface area contributed by atoms with E-state index in [4.69, 9.17) is 5.10 Å². The topological polar surface area (TPSA) is 77.7 Å². The Kier molecular flexibility index (Phi) is 6.47. The van der Waals surface area contributed by atoms with E-state index in [0.717, 1.165) is 42.5 Å². The number of aromatic nitrogens is 3. The van der Waals surface area contributed by atoms with Gasteiger partial charge in [-0.05, 0) is 22.6 Å². The molecular formula is C27H32N6O. The zero-order chi connectivity index (χ0) is 23.5. The van der Waals surface area contributed by atoms with E-state index in [-0.39, 0.29) is 12.6 Å². The number of hydrogen-bond donors (Lipinski definition) is 3. The molecule has 7 nitrogen and oxygen atoms in total. The van der Waals surface area contributed by atoms with E-state index < -0.39 is 0 Å². The molecule has 0 amide bonds. The molecular weight excluding hydrogens is 424 g/mol. The highest BCUT2D eigenvalue weighted by molar-refractivity contribution is 5.71. The van der Waals surface area contributed by atoms with Crippen LogP contribution in [0.4, 0.5) is 11.5 Å². The smallest absolute Gasteiger partial charge is 0.177 e. The second kappa shape index (κ2) is 9.83. The number of nitrogens with one attached hydrogen (secondary N) is 2. The molecule has 1 saturated heterocycles. The van der Waals surface area contributed by atoms with E-state index in [1.807, 2.05) is 16.8 Å². The Balaban J connectivity index is 1.44. The van der Waals surface area contributed by atoms with Crippen molar-refractivity contribution in [2.24, 2.45) is 0 Å². The minimum atomic E-state index is 0.00287. The van der Waals surface area contributed by atoms with Gasteiger partial charge in [0.15, 0.2) is 11.5 Å². The first-order chi connectivity index (χ1) is 16.6. The van der Waals surface area contributed by atoms with Gasteiger partial charge in [-0.2, -0.15) is 0 Å². The molecule has 7 heteroatoms. The number of nitrogens with zero attached hydrogens (tertiary/aromatic N) is 4. The number of aliphatic hydroxyl groups excluding tert-OH is 1. The molecule has 176 valence electrons. The van der Waals surface area contributed by atoms with Crippen molar-refractivity contribution in [2.45, 2.75) is 32.4 Å². The molecule has 3 heterocycles. The SMILES string of the molecule is CC(C)c1cnc2c(NCc3ccc(-c4ccccc4)cc3)cc(N3CCNC[C@H]3CO)nn12. The maximum Gasteiger partial charge on any atom is 0.177 e. The van der Waals surface area contributed by atoms with Crippen molar-refractivity contribution < 1.29 is 5.11 Å². The van der Waals surface area contributed by atoms with Gasteiger partial charge in [0, 0.05) is 32.2 Å². The first-order valence-corrected chi connectivity index (χ1v) is 12.0. The van der Waals surface area contributed by atoms with Crippen molar-refractivity contribution in [2.75, 3.05) is 36.5 Å². The molecule has 0 aliphatic carbocycles. The molecule has 2 aromatic carbocycles. The van der Waals surface area contributed by atoms with E-state index in [1.54, 1.807) is 0 Å². The monoisotopic (exact) mass is 456 g/mol. The third-order valence-electron chi connectivity index (χ3n) is 6.47. The van der Waals surface area contributed by atoms with Gasteiger partial charge in [0.25, 0.3) is 0 Å². The highest BCUT2D eigenvalue weighted by atomic mass is 16.3. The average molecular weight is 457 g/mol. The average Bonchev–Trinajstić information content (AvgIpc) is 3.32. The van der Waals surface area contributed by atoms with Gasteiger partial charge in [0.05, 0.1) is 30.2 Å². The van der Waals surface area contributed by atoms with Gasteiger partial charge in [-0.15, -0.1) is 5.10 Å². The van der Waals surface area contributed by atoms with Crippen molar-refractivity contribution >= 4 is 17.2 Å². The second-order valence-electron chi connectivity index (χ2n) is 9.14. The van der Waals surface area contributed by atoms with Gasteiger partial charge >= 0.3 is 0 Å². The van der Waals surface area contributed by atoms with Crippen LogP contribution >= 0.6 is 0 Å². The normalized spacial score (nSPS) is 16.4. The number of benzene rings is 2. The molecule has 1 fully saturated rings. The molecule has 1 aliphatic heterocycles. The lowest BCUT2D eigenvalue weighted by Crippen LogP contribution is -2.53. The Morgan fingerprint density at radius 2 is 1.85 bits per heavy atom. The molecule has 0 unspecified atom stereocenters. The van der Waals surface area contributed by atoms with Crippen molar-refractivity contribution in [1.82, 2.24) is 19.9 Å². The van der Waals surface area contributed by atoms with Gasteiger partial charge in [-0.3, -0.25) is 0 Å². The summed E-state index contributed by atoms with van der Waals surface area (Å²) in [5, 5.41) is 21.8. The molecule has 34 heavy (non-hydrogen) atoms. The van der Waals surface area contributed by atoms with Crippen molar-refractivity contribution in [3.8, 4) is 11.1 Å². The quantitative estimate of drug-likeness (QED) is 0.392. The highest BCUT2D eigenvalue weighted by Gasteiger charge is 2.25. The van der Waals surface area contributed by atoms with E-state index >= 15 is 0 Å². The van der Waals surface area contributed by atoms with Crippen LogP contribution in [-0.4, -0.2) is 52.0 Å². The molecule has 0 bridgehead atoms. The molecule has 2 aromatic heterocycles. The Morgan fingerprint density at radius 3 is 2.59 bits per heavy atom. The van der Waals surface area contributed by atoms with Crippen LogP contribution in [0.5, 0.6) is 0 Å². The van der Waals surface area contributed by atoms with Crippen LogP contribution in [-0.2, 0) is 6.54 Å². The predicted molar refractivity (Wildman–Crippen MR) is 137 cm³/mol. The van der Waals surface area contributed by atoms with Crippen molar-refractivity contribution in [3.05, 3.63) is 78.1 Å². The lowest BCUT2D eigenvalue weighted by Gasteiger charge is -2.36. The highest BCUT2D eigenvalue weighted by Crippen LogP contribution is 2.27. The summed E-state index contributed by atoms with van der Waals surface area (Å²) in [7, 11) is 0. The van der Waals surface area contributed by atoms with Crippen LogP contribution in [0, 0.1) is 0 Å². The molecule has 0 spiro atoms. The zero-order valence-electron chi connectivity index (χ0n) is 19.8. The maximum absolute atomic E-state index is 9.92. The number of hydrogen-bond acceptors (Lipinski definition) is 6. The Labute approximate surface area is 200 Å². The molecule has 0 saturated carbocycles. The number of piperazine rings is 1. The Hall–Kier alpha value is -3.42. The van der Waals surface area contributed by atoms with Crippen LogP contribution in [0.2, 0.25) is 0 Å². The van der Waals surface area contributed by atoms with Crippen molar-refractivity contribution in [1.29, 1.82) is 0 Å². The summed E-state index contributed by atoms with van der Waals surface area (Å²) in [5.41, 5.74) is 6.46. The minimum absolute atomic E-state index is 0.00287. The summed E-state index contributed by atoms with van der Waals surface area (Å²) in [5.74, 6) is 1.16. The van der Waals surface area contributed by atoms with Crippen LogP contribution in [0.25, 0.3) is 16.8 Å².